The van der Waals surface area contributed by atoms with E-state index in [1.807, 2.05) is 0 Å². The van der Waals surface area contributed by atoms with Crippen LogP contribution in [0.5, 0.6) is 0 Å². The van der Waals surface area contributed by atoms with E-state index in [0.717, 1.165) is 25.9 Å². The Morgan fingerprint density at radius 3 is 2.78 bits per heavy atom. The molecule has 0 radical (unpaired) electrons. The molecule has 0 atom stereocenters. The monoisotopic (exact) mass is 272 g/mol. The summed E-state index contributed by atoms with van der Waals surface area (Å²) in [6.45, 7) is 5.23. The molecule has 0 saturated carbocycles. The van der Waals surface area contributed by atoms with Gasteiger partial charge in [0.15, 0.2) is 0 Å². The van der Waals surface area contributed by atoms with Crippen LogP contribution in [0.25, 0.3) is 0 Å². The second-order valence-electron chi connectivity index (χ2n) is 4.59. The highest BCUT2D eigenvalue weighted by atomic mass is 32.2. The zero-order chi connectivity index (χ0) is 13.0. The van der Waals surface area contributed by atoms with E-state index < -0.39 is 10.0 Å². The molecule has 0 aliphatic carbocycles. The minimum absolute atomic E-state index is 0.257. The summed E-state index contributed by atoms with van der Waals surface area (Å²) in [6, 6.07) is 0. The summed E-state index contributed by atoms with van der Waals surface area (Å²) in [5, 5.41) is 9.56. The van der Waals surface area contributed by atoms with E-state index in [1.165, 1.54) is 12.4 Å². The summed E-state index contributed by atoms with van der Waals surface area (Å²) in [6.07, 6.45) is 4.63. The fraction of sp³-hybridized carbons (Fsp3) is 0.727. The first-order valence-corrected chi connectivity index (χ1v) is 7.78. The van der Waals surface area contributed by atoms with Gasteiger partial charge in [-0.1, -0.05) is 6.92 Å². The Kier molecular flexibility index (Phi) is 4.36. The lowest BCUT2D eigenvalue weighted by Crippen LogP contribution is -2.40. The Morgan fingerprint density at radius 1 is 1.50 bits per heavy atom. The average Bonchev–Trinajstić information content (AvgIpc) is 2.91. The smallest absolute Gasteiger partial charge is 0.246 e. The summed E-state index contributed by atoms with van der Waals surface area (Å²) in [5.41, 5.74) is 0. The van der Waals surface area contributed by atoms with Gasteiger partial charge in [0, 0.05) is 19.3 Å². The van der Waals surface area contributed by atoms with Gasteiger partial charge in [0.1, 0.15) is 4.90 Å². The molecule has 102 valence electrons. The van der Waals surface area contributed by atoms with Crippen LogP contribution >= 0.6 is 0 Å². The van der Waals surface area contributed by atoms with Crippen molar-refractivity contribution in [3.8, 4) is 0 Å². The van der Waals surface area contributed by atoms with E-state index in [2.05, 4.69) is 22.4 Å². The van der Waals surface area contributed by atoms with Crippen LogP contribution in [-0.4, -0.2) is 49.1 Å². The molecule has 1 saturated heterocycles. The number of H-pyrrole nitrogens is 1. The molecule has 1 aromatic heterocycles. The van der Waals surface area contributed by atoms with E-state index in [1.54, 1.807) is 4.31 Å². The lowest BCUT2D eigenvalue weighted by molar-refractivity contribution is 0.268. The molecule has 1 aliphatic rings. The third kappa shape index (κ3) is 2.90. The normalized spacial score (nSPS) is 19.2. The lowest BCUT2D eigenvalue weighted by Gasteiger charge is -2.30. The highest BCUT2D eigenvalue weighted by molar-refractivity contribution is 7.89. The van der Waals surface area contributed by atoms with Gasteiger partial charge in [-0.25, -0.2) is 8.42 Å². The first-order valence-electron chi connectivity index (χ1n) is 6.34. The minimum Gasteiger partial charge on any atom is -0.317 e. The van der Waals surface area contributed by atoms with Crippen molar-refractivity contribution in [3.63, 3.8) is 0 Å². The molecule has 0 bridgehead atoms. The van der Waals surface area contributed by atoms with Crippen LogP contribution < -0.4 is 5.32 Å². The quantitative estimate of drug-likeness (QED) is 0.814. The van der Waals surface area contributed by atoms with Crippen LogP contribution in [0.3, 0.4) is 0 Å². The van der Waals surface area contributed by atoms with Gasteiger partial charge < -0.3 is 5.32 Å². The maximum Gasteiger partial charge on any atom is 0.246 e. The zero-order valence-corrected chi connectivity index (χ0v) is 11.4. The van der Waals surface area contributed by atoms with Crippen molar-refractivity contribution in [2.24, 2.45) is 5.92 Å². The van der Waals surface area contributed by atoms with E-state index >= 15 is 0 Å². The van der Waals surface area contributed by atoms with Gasteiger partial charge in [-0.05, 0) is 31.8 Å². The molecule has 0 aromatic carbocycles. The number of aromatic nitrogens is 2. The molecule has 18 heavy (non-hydrogen) atoms. The molecule has 6 nitrogen and oxygen atoms in total. The van der Waals surface area contributed by atoms with Crippen molar-refractivity contribution < 1.29 is 8.42 Å². The van der Waals surface area contributed by atoms with Crippen LogP contribution in [0, 0.1) is 5.92 Å². The second-order valence-corrected chi connectivity index (χ2v) is 6.53. The number of rotatable bonds is 5. The van der Waals surface area contributed by atoms with Crippen molar-refractivity contribution in [2.75, 3.05) is 26.2 Å². The molecular weight excluding hydrogens is 252 g/mol. The van der Waals surface area contributed by atoms with Gasteiger partial charge in [-0.2, -0.15) is 9.40 Å². The molecule has 2 heterocycles. The van der Waals surface area contributed by atoms with E-state index in [4.69, 9.17) is 0 Å². The van der Waals surface area contributed by atoms with E-state index in [9.17, 15) is 8.42 Å². The molecule has 0 amide bonds. The first kappa shape index (κ1) is 13.5. The fourth-order valence-corrected chi connectivity index (χ4v) is 3.61. The van der Waals surface area contributed by atoms with E-state index in [-0.39, 0.29) is 4.90 Å². The maximum absolute atomic E-state index is 12.2. The molecule has 7 heteroatoms. The molecule has 1 fully saturated rings. The highest BCUT2D eigenvalue weighted by Crippen LogP contribution is 2.22. The van der Waals surface area contributed by atoms with Gasteiger partial charge in [-0.15, -0.1) is 0 Å². The SMILES string of the molecule is CCNCC1CCN(S(=O)(=O)c2cn[nH]c2)CC1. The predicted molar refractivity (Wildman–Crippen MR) is 68.6 cm³/mol. The van der Waals surface area contributed by atoms with Crippen molar-refractivity contribution in [3.05, 3.63) is 12.4 Å². The van der Waals surface area contributed by atoms with E-state index in [0.29, 0.717) is 19.0 Å². The summed E-state index contributed by atoms with van der Waals surface area (Å²) < 4.78 is 26.0. The topological polar surface area (TPSA) is 78.1 Å². The van der Waals surface area contributed by atoms with Crippen molar-refractivity contribution in [2.45, 2.75) is 24.7 Å². The molecule has 0 spiro atoms. The summed E-state index contributed by atoms with van der Waals surface area (Å²) >= 11 is 0. The first-order chi connectivity index (χ1) is 8.64. The summed E-state index contributed by atoms with van der Waals surface area (Å²) in [5.74, 6) is 0.584. The van der Waals surface area contributed by atoms with Crippen LogP contribution in [-0.2, 0) is 10.0 Å². The molecule has 1 aliphatic heterocycles. The number of piperidine rings is 1. The molecular formula is C11H20N4O2S. The van der Waals surface area contributed by atoms with Crippen molar-refractivity contribution in [1.29, 1.82) is 0 Å². The van der Waals surface area contributed by atoms with Crippen LogP contribution in [0.15, 0.2) is 17.3 Å². The summed E-state index contributed by atoms with van der Waals surface area (Å²) in [4.78, 5) is 0.257. The molecule has 0 unspecified atom stereocenters. The van der Waals surface area contributed by atoms with Gasteiger partial charge in [-0.3, -0.25) is 5.10 Å². The molecule has 2 N–H and O–H groups in total. The molecule has 2 rings (SSSR count). The maximum atomic E-state index is 12.2. The fourth-order valence-electron chi connectivity index (χ4n) is 2.23. The molecule has 1 aromatic rings. The number of sulfonamides is 1. The Bertz CT molecular complexity index is 449. The highest BCUT2D eigenvalue weighted by Gasteiger charge is 2.29. The Balaban J connectivity index is 1.94. The third-order valence-electron chi connectivity index (χ3n) is 3.37. The lowest BCUT2D eigenvalue weighted by atomic mass is 9.98. The van der Waals surface area contributed by atoms with Crippen molar-refractivity contribution in [1.82, 2.24) is 19.8 Å². The number of hydrogen-bond acceptors (Lipinski definition) is 4. The van der Waals surface area contributed by atoms with Gasteiger partial charge in [0.25, 0.3) is 0 Å². The number of nitrogens with one attached hydrogen (secondary N) is 2. The van der Waals surface area contributed by atoms with Crippen LogP contribution in [0.4, 0.5) is 0 Å². The zero-order valence-electron chi connectivity index (χ0n) is 10.6. The Morgan fingerprint density at radius 2 is 2.22 bits per heavy atom. The minimum atomic E-state index is -3.34. The number of hydrogen-bond donors (Lipinski definition) is 2. The summed E-state index contributed by atoms with van der Waals surface area (Å²) in [7, 11) is -3.34. The van der Waals surface area contributed by atoms with Crippen LogP contribution in [0.2, 0.25) is 0 Å². The number of aromatic amines is 1. The van der Waals surface area contributed by atoms with Gasteiger partial charge >= 0.3 is 0 Å². The third-order valence-corrected chi connectivity index (χ3v) is 5.23. The number of nitrogens with zero attached hydrogens (tertiary/aromatic N) is 2. The van der Waals surface area contributed by atoms with Gasteiger partial charge in [0.2, 0.25) is 10.0 Å². The second kappa shape index (κ2) is 5.81. The standard InChI is InChI=1S/C11H20N4O2S/c1-2-12-7-10-3-5-15(6-4-10)18(16,17)11-8-13-14-9-11/h8-10,12H,2-7H2,1H3,(H,13,14). The largest absolute Gasteiger partial charge is 0.317 e. The van der Waals surface area contributed by atoms with Gasteiger partial charge in [0.05, 0.1) is 6.20 Å². The Hall–Kier alpha value is -0.920. The van der Waals surface area contributed by atoms with Crippen LogP contribution in [0.1, 0.15) is 19.8 Å². The Labute approximate surface area is 108 Å². The predicted octanol–water partition coefficient (Wildman–Crippen LogP) is 0.420. The van der Waals surface area contributed by atoms with Crippen molar-refractivity contribution >= 4 is 10.0 Å². The average molecular weight is 272 g/mol.